The van der Waals surface area contributed by atoms with Gasteiger partial charge in [0.05, 0.1) is 6.20 Å². The van der Waals surface area contributed by atoms with Gasteiger partial charge in [-0.05, 0) is 0 Å². The molecule has 0 aromatic carbocycles. The van der Waals surface area contributed by atoms with E-state index in [2.05, 4.69) is 0 Å². The number of ether oxygens (including phenoxy) is 1. The summed E-state index contributed by atoms with van der Waals surface area (Å²) in [6.45, 7) is 0. The van der Waals surface area contributed by atoms with Crippen LogP contribution in [0.3, 0.4) is 0 Å². The highest BCUT2D eigenvalue weighted by Crippen LogP contribution is 2.28. The summed E-state index contributed by atoms with van der Waals surface area (Å²) in [6, 6.07) is 0. The molecule has 10 heteroatoms. The van der Waals surface area contributed by atoms with Gasteiger partial charge >= 0.3 is 11.7 Å². The number of rotatable bonds is 2. The van der Waals surface area contributed by atoms with Gasteiger partial charge in [-0.25, -0.2) is 9.59 Å². The van der Waals surface area contributed by atoms with Crippen LogP contribution in [0.2, 0.25) is 0 Å². The van der Waals surface area contributed by atoms with Crippen LogP contribution in [-0.4, -0.2) is 54.3 Å². The number of carboxylic acids is 1. The number of aliphatic hydroxyl groups is 2. The third kappa shape index (κ3) is 2.12. The topological polar surface area (TPSA) is 162 Å². The maximum atomic E-state index is 11.5. The van der Waals surface area contributed by atoms with E-state index in [0.717, 1.165) is 0 Å². The molecule has 1 fully saturated rings. The third-order valence-corrected chi connectivity index (χ3v) is 2.70. The van der Waals surface area contributed by atoms with Gasteiger partial charge in [0.25, 0.3) is 5.56 Å². The highest BCUT2D eigenvalue weighted by molar-refractivity contribution is 5.73. The summed E-state index contributed by atoms with van der Waals surface area (Å²) >= 11 is 0. The van der Waals surface area contributed by atoms with Crippen molar-refractivity contribution in [3.63, 3.8) is 0 Å². The Kier molecular flexibility index (Phi) is 3.14. The molecule has 2 heterocycles. The second-order valence-corrected chi connectivity index (χ2v) is 3.95. The van der Waals surface area contributed by atoms with E-state index in [-0.39, 0.29) is 0 Å². The van der Waals surface area contributed by atoms with Crippen molar-refractivity contribution >= 4 is 5.97 Å². The van der Waals surface area contributed by atoms with E-state index in [1.54, 1.807) is 4.98 Å². The van der Waals surface area contributed by atoms with Crippen molar-refractivity contribution in [1.29, 1.82) is 0 Å². The fourth-order valence-corrected chi connectivity index (χ4v) is 1.76. The van der Waals surface area contributed by atoms with Crippen LogP contribution in [0.15, 0.2) is 15.8 Å². The lowest BCUT2D eigenvalue weighted by atomic mass is 10.1. The summed E-state index contributed by atoms with van der Waals surface area (Å²) in [4.78, 5) is 34.9. The number of aromatic amines is 1. The average molecular weight is 274 g/mol. The molecule has 10 nitrogen and oxygen atoms in total. The fourth-order valence-electron chi connectivity index (χ4n) is 1.76. The first kappa shape index (κ1) is 13.3. The van der Waals surface area contributed by atoms with Gasteiger partial charge in [-0.15, -0.1) is 0 Å². The number of carbonyl (C=O) groups is 1. The number of carboxylic acid groups (broad SMARTS) is 1. The van der Waals surface area contributed by atoms with E-state index in [9.17, 15) is 29.7 Å². The van der Waals surface area contributed by atoms with Crippen molar-refractivity contribution in [2.45, 2.75) is 24.5 Å². The molecule has 19 heavy (non-hydrogen) atoms. The lowest BCUT2D eigenvalue weighted by Crippen LogP contribution is -2.38. The Balaban J connectivity index is 2.44. The molecule has 5 N–H and O–H groups in total. The molecule has 0 amide bonds. The molecule has 1 aliphatic rings. The van der Waals surface area contributed by atoms with E-state index >= 15 is 0 Å². The molecule has 1 saturated heterocycles. The van der Waals surface area contributed by atoms with Gasteiger partial charge in [-0.3, -0.25) is 14.3 Å². The summed E-state index contributed by atoms with van der Waals surface area (Å²) in [7, 11) is 0. The quantitative estimate of drug-likeness (QED) is 0.379. The SMILES string of the molecule is O=C(O)[C@H]1O[C@@H](n2cc(O)c(=O)[nH]c2=O)[C@H](O)[C@@H]1O. The lowest BCUT2D eigenvalue weighted by Gasteiger charge is -2.16. The normalized spacial score (nSPS) is 30.4. The molecule has 0 saturated carbocycles. The van der Waals surface area contributed by atoms with Crippen LogP contribution in [0.25, 0.3) is 0 Å². The zero-order chi connectivity index (χ0) is 14.3. The maximum Gasteiger partial charge on any atom is 0.335 e. The summed E-state index contributed by atoms with van der Waals surface area (Å²) in [5.74, 6) is -2.33. The Morgan fingerprint density at radius 1 is 1.32 bits per heavy atom. The predicted molar refractivity (Wildman–Crippen MR) is 56.5 cm³/mol. The number of nitrogens with zero attached hydrogens (tertiary/aromatic N) is 1. The van der Waals surface area contributed by atoms with Gasteiger partial charge in [0, 0.05) is 0 Å². The van der Waals surface area contributed by atoms with Crippen LogP contribution >= 0.6 is 0 Å². The van der Waals surface area contributed by atoms with Gasteiger partial charge < -0.3 is 25.2 Å². The first-order valence-electron chi connectivity index (χ1n) is 5.11. The molecule has 1 aromatic rings. The van der Waals surface area contributed by atoms with Crippen molar-refractivity contribution in [1.82, 2.24) is 9.55 Å². The minimum absolute atomic E-state index is 0.591. The Morgan fingerprint density at radius 2 is 1.95 bits per heavy atom. The highest BCUT2D eigenvalue weighted by Gasteiger charge is 2.47. The molecule has 4 atom stereocenters. The van der Waals surface area contributed by atoms with E-state index < -0.39 is 47.5 Å². The number of H-pyrrole nitrogens is 1. The molecule has 0 bridgehead atoms. The molecular formula is C9H10N2O8. The zero-order valence-corrected chi connectivity index (χ0v) is 9.26. The first-order chi connectivity index (χ1) is 8.82. The van der Waals surface area contributed by atoms with Crippen molar-refractivity contribution in [2.75, 3.05) is 0 Å². The van der Waals surface area contributed by atoms with Crippen LogP contribution in [0, 0.1) is 0 Å². The molecule has 2 rings (SSSR count). The van der Waals surface area contributed by atoms with Gasteiger partial charge in [0.1, 0.15) is 12.2 Å². The Morgan fingerprint density at radius 3 is 2.47 bits per heavy atom. The summed E-state index contributed by atoms with van der Waals surface area (Å²) < 4.78 is 5.43. The minimum atomic E-state index is -1.75. The highest BCUT2D eigenvalue weighted by atomic mass is 16.6. The zero-order valence-electron chi connectivity index (χ0n) is 9.26. The van der Waals surface area contributed by atoms with E-state index in [4.69, 9.17) is 9.84 Å². The van der Waals surface area contributed by atoms with Crippen molar-refractivity contribution in [2.24, 2.45) is 0 Å². The Hall–Kier alpha value is -2.17. The minimum Gasteiger partial charge on any atom is -0.502 e. The molecular weight excluding hydrogens is 264 g/mol. The number of hydrogen-bond donors (Lipinski definition) is 5. The van der Waals surface area contributed by atoms with Gasteiger partial charge in [0.15, 0.2) is 18.1 Å². The number of aliphatic carboxylic acids is 1. The monoisotopic (exact) mass is 274 g/mol. The standard InChI is InChI=1S/C9H10N2O8/c12-2-1-11(9(18)10-6(2)15)7-4(14)3(13)5(19-7)8(16)17/h1,3-5,7,12-14H,(H,16,17)(H,10,15,18)/t3-,4+,5-,7+/m0/s1. The molecule has 0 spiro atoms. The largest absolute Gasteiger partial charge is 0.502 e. The van der Waals surface area contributed by atoms with Crippen molar-refractivity contribution in [3.05, 3.63) is 27.0 Å². The summed E-state index contributed by atoms with van der Waals surface area (Å²) in [5.41, 5.74) is -2.06. The Bertz CT molecular complexity index is 619. The number of nitrogens with one attached hydrogen (secondary N) is 1. The van der Waals surface area contributed by atoms with Crippen LogP contribution in [0.1, 0.15) is 6.23 Å². The Labute approximate surface area is 104 Å². The van der Waals surface area contributed by atoms with Crippen LogP contribution in [0.5, 0.6) is 5.75 Å². The second kappa shape index (κ2) is 4.50. The maximum absolute atomic E-state index is 11.5. The van der Waals surface area contributed by atoms with Crippen LogP contribution in [0.4, 0.5) is 0 Å². The number of hydrogen-bond acceptors (Lipinski definition) is 7. The smallest absolute Gasteiger partial charge is 0.335 e. The lowest BCUT2D eigenvalue weighted by molar-refractivity contribution is -0.155. The molecule has 0 unspecified atom stereocenters. The number of aromatic hydroxyl groups is 1. The van der Waals surface area contributed by atoms with Crippen molar-refractivity contribution in [3.8, 4) is 5.75 Å². The van der Waals surface area contributed by atoms with Gasteiger partial charge in [0.2, 0.25) is 0 Å². The van der Waals surface area contributed by atoms with Gasteiger partial charge in [-0.1, -0.05) is 0 Å². The van der Waals surface area contributed by atoms with E-state index in [1.807, 2.05) is 0 Å². The predicted octanol–water partition coefficient (Wildman–Crippen LogP) is -3.05. The number of aliphatic hydroxyl groups excluding tert-OH is 2. The molecule has 1 aromatic heterocycles. The fraction of sp³-hybridized carbons (Fsp3) is 0.444. The van der Waals surface area contributed by atoms with Gasteiger partial charge in [-0.2, -0.15) is 0 Å². The van der Waals surface area contributed by atoms with E-state index in [1.165, 1.54) is 0 Å². The average Bonchev–Trinajstić information content (AvgIpc) is 2.62. The van der Waals surface area contributed by atoms with Crippen LogP contribution < -0.4 is 11.2 Å². The number of aromatic nitrogens is 2. The molecule has 1 aliphatic heterocycles. The van der Waals surface area contributed by atoms with Crippen molar-refractivity contribution < 1.29 is 30.0 Å². The van der Waals surface area contributed by atoms with E-state index in [0.29, 0.717) is 10.8 Å². The molecule has 104 valence electrons. The molecule has 0 radical (unpaired) electrons. The summed E-state index contributed by atoms with van der Waals surface area (Å²) in [5, 5.41) is 37.0. The van der Waals surface area contributed by atoms with Crippen LogP contribution in [-0.2, 0) is 9.53 Å². The molecule has 0 aliphatic carbocycles. The third-order valence-electron chi connectivity index (χ3n) is 2.70. The summed E-state index contributed by atoms with van der Waals surface area (Å²) in [6.07, 6.45) is -6.02. The first-order valence-corrected chi connectivity index (χ1v) is 5.11. The second-order valence-electron chi connectivity index (χ2n) is 3.95.